The maximum Gasteiger partial charge on any atom is 0.242 e. The molecule has 0 bridgehead atoms. The highest BCUT2D eigenvalue weighted by molar-refractivity contribution is 7.92. The fourth-order valence-corrected chi connectivity index (χ4v) is 6.11. The molecule has 0 aromatic heterocycles. The maximum atomic E-state index is 13.5. The highest BCUT2D eigenvalue weighted by atomic mass is 35.5. The molecule has 2 amide bonds. The van der Waals surface area contributed by atoms with Crippen LogP contribution in [0.25, 0.3) is 0 Å². The molecule has 3 rings (SSSR count). The molecular weight excluding hydrogens is 522 g/mol. The normalized spacial score (nSPS) is 15.1. The van der Waals surface area contributed by atoms with Crippen molar-refractivity contribution in [2.45, 2.75) is 84.3 Å². The van der Waals surface area contributed by atoms with Crippen molar-refractivity contribution in [3.63, 3.8) is 0 Å². The number of hydrogen-bond donors (Lipinski definition) is 1. The molecular formula is C29H40ClN3O4S. The molecule has 1 N–H and O–H groups in total. The van der Waals surface area contributed by atoms with Gasteiger partial charge in [0.15, 0.2) is 0 Å². The van der Waals surface area contributed by atoms with Gasteiger partial charge in [-0.15, -0.1) is 0 Å². The third-order valence-electron chi connectivity index (χ3n) is 7.03. The van der Waals surface area contributed by atoms with Crippen LogP contribution in [0.3, 0.4) is 0 Å². The van der Waals surface area contributed by atoms with Crippen LogP contribution < -0.4 is 9.62 Å². The number of carbonyl (C=O) groups excluding carboxylic acids is 2. The molecule has 1 aliphatic rings. The van der Waals surface area contributed by atoms with Crippen LogP contribution in [0.2, 0.25) is 5.02 Å². The smallest absolute Gasteiger partial charge is 0.242 e. The molecule has 0 spiro atoms. The van der Waals surface area contributed by atoms with E-state index in [0.29, 0.717) is 17.1 Å². The van der Waals surface area contributed by atoms with Crippen LogP contribution in [0.1, 0.15) is 68.6 Å². The van der Waals surface area contributed by atoms with Gasteiger partial charge in [0.2, 0.25) is 21.8 Å². The van der Waals surface area contributed by atoms with Gasteiger partial charge in [0.05, 0.1) is 11.9 Å². The van der Waals surface area contributed by atoms with Gasteiger partial charge >= 0.3 is 0 Å². The van der Waals surface area contributed by atoms with Crippen molar-refractivity contribution in [2.75, 3.05) is 17.1 Å². The van der Waals surface area contributed by atoms with E-state index >= 15 is 0 Å². The molecule has 1 atom stereocenters. The summed E-state index contributed by atoms with van der Waals surface area (Å²) in [5.41, 5.74) is 3.40. The fraction of sp³-hybridized carbons (Fsp3) is 0.517. The first-order valence-electron chi connectivity index (χ1n) is 13.3. The van der Waals surface area contributed by atoms with Gasteiger partial charge in [-0.3, -0.25) is 13.9 Å². The molecule has 1 aliphatic carbocycles. The molecule has 9 heteroatoms. The van der Waals surface area contributed by atoms with E-state index in [-0.39, 0.29) is 37.4 Å². The van der Waals surface area contributed by atoms with E-state index in [1.165, 1.54) is 17.0 Å². The van der Waals surface area contributed by atoms with Gasteiger partial charge in [0.1, 0.15) is 6.04 Å². The average molecular weight is 562 g/mol. The molecule has 0 radical (unpaired) electrons. The van der Waals surface area contributed by atoms with Gasteiger partial charge in [-0.05, 0) is 81.0 Å². The summed E-state index contributed by atoms with van der Waals surface area (Å²) < 4.78 is 26.5. The van der Waals surface area contributed by atoms with Crippen molar-refractivity contribution < 1.29 is 18.0 Å². The second-order valence-electron chi connectivity index (χ2n) is 10.5. The molecule has 1 unspecified atom stereocenters. The average Bonchev–Trinajstić information content (AvgIpc) is 2.85. The monoisotopic (exact) mass is 561 g/mol. The minimum Gasteiger partial charge on any atom is -0.352 e. The number of nitrogens with zero attached hydrogens (tertiary/aromatic N) is 2. The zero-order valence-corrected chi connectivity index (χ0v) is 24.4. The van der Waals surface area contributed by atoms with Crippen LogP contribution in [-0.2, 0) is 26.2 Å². The molecule has 1 fully saturated rings. The highest BCUT2D eigenvalue weighted by Crippen LogP contribution is 2.23. The van der Waals surface area contributed by atoms with Gasteiger partial charge < -0.3 is 10.2 Å². The summed E-state index contributed by atoms with van der Waals surface area (Å²) in [6.45, 7) is 6.04. The van der Waals surface area contributed by atoms with E-state index in [1.807, 2.05) is 44.2 Å². The number of rotatable bonds is 11. The van der Waals surface area contributed by atoms with Crippen LogP contribution in [0, 0.1) is 13.8 Å². The van der Waals surface area contributed by atoms with Crippen molar-refractivity contribution in [1.82, 2.24) is 10.2 Å². The molecule has 0 heterocycles. The summed E-state index contributed by atoms with van der Waals surface area (Å²) in [6, 6.07) is 12.4. The highest BCUT2D eigenvalue weighted by Gasteiger charge is 2.28. The predicted octanol–water partition coefficient (Wildman–Crippen LogP) is 5.37. The van der Waals surface area contributed by atoms with E-state index in [1.54, 1.807) is 24.0 Å². The standard InChI is InChI=1S/C29H40ClN3O4S/c1-21-17-22(2)19-27(18-21)33(38(4,36)37)16-8-11-28(34)32(20-24-12-14-25(30)15-13-24)23(3)29(35)31-26-9-6-5-7-10-26/h12-15,17-19,23,26H,5-11,16,20H2,1-4H3,(H,31,35). The van der Waals surface area contributed by atoms with Gasteiger partial charge in [-0.1, -0.05) is 49.1 Å². The van der Waals surface area contributed by atoms with Gasteiger partial charge in [0, 0.05) is 30.6 Å². The molecule has 0 aliphatic heterocycles. The lowest BCUT2D eigenvalue weighted by Crippen LogP contribution is -2.50. The Morgan fingerprint density at radius 2 is 1.63 bits per heavy atom. The first kappa shape index (κ1) is 30.0. The fourth-order valence-electron chi connectivity index (χ4n) is 5.04. The Morgan fingerprint density at radius 1 is 1.03 bits per heavy atom. The van der Waals surface area contributed by atoms with Gasteiger partial charge in [-0.2, -0.15) is 0 Å². The summed E-state index contributed by atoms with van der Waals surface area (Å²) in [4.78, 5) is 28.2. The number of hydrogen-bond acceptors (Lipinski definition) is 4. The topological polar surface area (TPSA) is 86.8 Å². The zero-order valence-electron chi connectivity index (χ0n) is 22.9. The first-order valence-corrected chi connectivity index (χ1v) is 15.6. The Hall–Kier alpha value is -2.58. The number of benzene rings is 2. The number of nitrogens with one attached hydrogen (secondary N) is 1. The number of halogens is 1. The van der Waals surface area contributed by atoms with Crippen LogP contribution in [0.4, 0.5) is 5.69 Å². The van der Waals surface area contributed by atoms with Crippen molar-refractivity contribution in [1.29, 1.82) is 0 Å². The molecule has 1 saturated carbocycles. The lowest BCUT2D eigenvalue weighted by Gasteiger charge is -2.31. The molecule has 2 aromatic carbocycles. The van der Waals surface area contributed by atoms with Crippen molar-refractivity contribution in [3.8, 4) is 0 Å². The van der Waals surface area contributed by atoms with E-state index < -0.39 is 16.1 Å². The van der Waals surface area contributed by atoms with Crippen LogP contribution in [0.15, 0.2) is 42.5 Å². The third kappa shape index (κ3) is 8.73. The number of sulfonamides is 1. The Bertz CT molecular complexity index is 1190. The molecule has 2 aromatic rings. The summed E-state index contributed by atoms with van der Waals surface area (Å²) in [7, 11) is -3.54. The Morgan fingerprint density at radius 3 is 2.21 bits per heavy atom. The summed E-state index contributed by atoms with van der Waals surface area (Å²) in [5.74, 6) is -0.354. The van der Waals surface area contributed by atoms with Crippen LogP contribution in [-0.4, -0.2) is 50.0 Å². The van der Waals surface area contributed by atoms with E-state index in [2.05, 4.69) is 5.32 Å². The second-order valence-corrected chi connectivity index (χ2v) is 12.8. The largest absolute Gasteiger partial charge is 0.352 e. The van der Waals surface area contributed by atoms with Crippen molar-refractivity contribution in [2.24, 2.45) is 0 Å². The maximum absolute atomic E-state index is 13.5. The first-order chi connectivity index (χ1) is 17.9. The molecule has 38 heavy (non-hydrogen) atoms. The van der Waals surface area contributed by atoms with Gasteiger partial charge in [0.25, 0.3) is 0 Å². The molecule has 7 nitrogen and oxygen atoms in total. The van der Waals surface area contributed by atoms with E-state index in [0.717, 1.165) is 42.4 Å². The molecule has 208 valence electrons. The Labute approximate surface area is 232 Å². The number of carbonyl (C=O) groups is 2. The van der Waals surface area contributed by atoms with Crippen molar-refractivity contribution >= 4 is 39.1 Å². The predicted molar refractivity (Wildman–Crippen MR) is 154 cm³/mol. The quantitative estimate of drug-likeness (QED) is 0.399. The number of aryl methyl sites for hydroxylation is 2. The lowest BCUT2D eigenvalue weighted by molar-refractivity contribution is -0.141. The summed E-state index contributed by atoms with van der Waals surface area (Å²) in [5, 5.41) is 3.73. The minimum absolute atomic E-state index is 0.117. The third-order valence-corrected chi connectivity index (χ3v) is 8.48. The lowest BCUT2D eigenvalue weighted by atomic mass is 9.95. The minimum atomic E-state index is -3.54. The molecule has 0 saturated heterocycles. The second kappa shape index (κ2) is 13.5. The van der Waals surface area contributed by atoms with Crippen LogP contribution in [0.5, 0.6) is 0 Å². The Kier molecular flexibility index (Phi) is 10.6. The number of amides is 2. The van der Waals surface area contributed by atoms with Crippen LogP contribution >= 0.6 is 11.6 Å². The summed E-state index contributed by atoms with van der Waals surface area (Å²) in [6.07, 6.45) is 6.94. The zero-order chi connectivity index (χ0) is 27.9. The SMILES string of the molecule is Cc1cc(C)cc(N(CCCC(=O)N(Cc2ccc(Cl)cc2)C(C)C(=O)NC2CCCCC2)S(C)(=O)=O)c1. The summed E-state index contributed by atoms with van der Waals surface area (Å²) >= 11 is 6.04. The number of anilines is 1. The van der Waals surface area contributed by atoms with E-state index in [9.17, 15) is 18.0 Å². The Balaban J connectivity index is 1.72. The van der Waals surface area contributed by atoms with E-state index in [4.69, 9.17) is 11.6 Å². The van der Waals surface area contributed by atoms with Crippen molar-refractivity contribution in [3.05, 3.63) is 64.2 Å². The van der Waals surface area contributed by atoms with Gasteiger partial charge in [-0.25, -0.2) is 8.42 Å².